The molecule has 0 atom stereocenters. The van der Waals surface area contributed by atoms with Crippen LogP contribution in [0.1, 0.15) is 27.3 Å². The lowest BCUT2D eigenvalue weighted by Gasteiger charge is -2.12. The molecule has 0 aliphatic carbocycles. The number of aromatic carboxylic acids is 1. The molecule has 0 bridgehead atoms. The molecule has 0 unspecified atom stereocenters. The zero-order valence-corrected chi connectivity index (χ0v) is 15.7. The van der Waals surface area contributed by atoms with Crippen LogP contribution in [0.2, 0.25) is 0 Å². The summed E-state index contributed by atoms with van der Waals surface area (Å²) in [5.41, 5.74) is 3.04. The highest BCUT2D eigenvalue weighted by Crippen LogP contribution is 2.17. The Bertz CT molecular complexity index is 1300. The number of hydrogen-bond donors (Lipinski definition) is 1. The van der Waals surface area contributed by atoms with Gasteiger partial charge in [-0.1, -0.05) is 54.1 Å². The largest absolute Gasteiger partial charge is 0.478 e. The van der Waals surface area contributed by atoms with E-state index in [0.717, 1.165) is 11.1 Å². The molecule has 0 aliphatic rings. The lowest BCUT2D eigenvalue weighted by molar-refractivity contribution is 0.0697. The van der Waals surface area contributed by atoms with Crippen LogP contribution < -0.4 is 5.56 Å². The van der Waals surface area contributed by atoms with Crippen LogP contribution in [0.5, 0.6) is 0 Å². The number of aryl methyl sites for hydroxylation is 1. The lowest BCUT2D eigenvalue weighted by Crippen LogP contribution is -2.22. The van der Waals surface area contributed by atoms with Gasteiger partial charge in [0.1, 0.15) is 5.82 Å². The molecule has 0 spiro atoms. The van der Waals surface area contributed by atoms with Crippen molar-refractivity contribution >= 4 is 29.0 Å². The maximum absolute atomic E-state index is 13.2. The minimum absolute atomic E-state index is 0.107. The topological polar surface area (TPSA) is 72.2 Å². The number of fused-ring (bicyclic) bond motifs is 1. The summed E-state index contributed by atoms with van der Waals surface area (Å²) < 4.78 is 1.44. The first-order valence-electron chi connectivity index (χ1n) is 9.13. The van der Waals surface area contributed by atoms with Crippen molar-refractivity contribution in [3.8, 4) is 5.69 Å². The highest BCUT2D eigenvalue weighted by Gasteiger charge is 2.12. The summed E-state index contributed by atoms with van der Waals surface area (Å²) >= 11 is 0. The van der Waals surface area contributed by atoms with Gasteiger partial charge in [0.15, 0.2) is 0 Å². The number of hydrogen-bond acceptors (Lipinski definition) is 3. The number of para-hydroxylation sites is 1. The Kier molecular flexibility index (Phi) is 4.79. The average molecular weight is 382 g/mol. The molecule has 0 amide bonds. The van der Waals surface area contributed by atoms with Crippen molar-refractivity contribution in [3.63, 3.8) is 0 Å². The predicted octanol–water partition coefficient (Wildman–Crippen LogP) is 4.56. The van der Waals surface area contributed by atoms with Crippen LogP contribution in [-0.2, 0) is 0 Å². The summed E-state index contributed by atoms with van der Waals surface area (Å²) in [5, 5.41) is 9.80. The van der Waals surface area contributed by atoms with Crippen LogP contribution >= 0.6 is 0 Å². The molecule has 0 radical (unpaired) electrons. The van der Waals surface area contributed by atoms with E-state index in [0.29, 0.717) is 22.4 Å². The number of carbonyl (C=O) groups is 1. The average Bonchev–Trinajstić information content (AvgIpc) is 2.73. The summed E-state index contributed by atoms with van der Waals surface area (Å²) in [5.74, 6) is -0.623. The molecule has 4 rings (SSSR count). The highest BCUT2D eigenvalue weighted by atomic mass is 16.4. The number of nitrogens with zero attached hydrogens (tertiary/aromatic N) is 2. The molecule has 142 valence electrons. The van der Waals surface area contributed by atoms with Crippen LogP contribution in [-0.4, -0.2) is 20.6 Å². The zero-order chi connectivity index (χ0) is 20.4. The van der Waals surface area contributed by atoms with Gasteiger partial charge in [-0.2, -0.15) is 0 Å². The highest BCUT2D eigenvalue weighted by molar-refractivity contribution is 5.88. The molecular weight excluding hydrogens is 364 g/mol. The fourth-order valence-corrected chi connectivity index (χ4v) is 3.14. The van der Waals surface area contributed by atoms with Gasteiger partial charge in [0.2, 0.25) is 0 Å². The van der Waals surface area contributed by atoms with E-state index in [4.69, 9.17) is 0 Å². The van der Waals surface area contributed by atoms with E-state index >= 15 is 0 Å². The second-order valence-electron chi connectivity index (χ2n) is 6.73. The fourth-order valence-electron chi connectivity index (χ4n) is 3.14. The van der Waals surface area contributed by atoms with Crippen molar-refractivity contribution in [1.29, 1.82) is 0 Å². The molecule has 1 N–H and O–H groups in total. The standard InChI is InChI=1S/C24H18N2O3/c1-16-9-11-17(12-10-16)13-14-22-25-21-8-3-2-7-20(21)23(27)26(22)19-6-4-5-18(15-19)24(28)29/h2-15H,1H3,(H,28,29)/b14-13+. The Morgan fingerprint density at radius 2 is 1.72 bits per heavy atom. The molecule has 4 aromatic rings. The molecule has 1 aromatic heterocycles. The quantitative estimate of drug-likeness (QED) is 0.561. The third-order valence-electron chi connectivity index (χ3n) is 4.66. The maximum atomic E-state index is 13.2. The van der Waals surface area contributed by atoms with Gasteiger partial charge in [-0.05, 0) is 48.9 Å². The van der Waals surface area contributed by atoms with Gasteiger partial charge in [-0.3, -0.25) is 9.36 Å². The van der Waals surface area contributed by atoms with Crippen molar-refractivity contribution in [2.24, 2.45) is 0 Å². The normalized spacial score (nSPS) is 11.2. The van der Waals surface area contributed by atoms with E-state index < -0.39 is 5.97 Å². The number of aromatic nitrogens is 2. The molecule has 5 nitrogen and oxygen atoms in total. The van der Waals surface area contributed by atoms with Gasteiger partial charge >= 0.3 is 5.97 Å². The molecule has 5 heteroatoms. The number of benzene rings is 3. The summed E-state index contributed by atoms with van der Waals surface area (Å²) in [6.45, 7) is 2.02. The van der Waals surface area contributed by atoms with Crippen LogP contribution in [0, 0.1) is 6.92 Å². The molecular formula is C24H18N2O3. The van der Waals surface area contributed by atoms with E-state index in [1.807, 2.05) is 43.3 Å². The monoisotopic (exact) mass is 382 g/mol. The van der Waals surface area contributed by atoms with Crippen LogP contribution in [0.4, 0.5) is 0 Å². The Balaban J connectivity index is 1.94. The van der Waals surface area contributed by atoms with Crippen molar-refractivity contribution in [2.45, 2.75) is 6.92 Å². The summed E-state index contributed by atoms with van der Waals surface area (Å²) in [6.07, 6.45) is 3.65. The molecule has 0 fully saturated rings. The first-order chi connectivity index (χ1) is 14.0. The SMILES string of the molecule is Cc1ccc(/C=C/c2nc3ccccc3c(=O)n2-c2cccc(C(=O)O)c2)cc1. The van der Waals surface area contributed by atoms with Gasteiger partial charge in [0, 0.05) is 0 Å². The first kappa shape index (κ1) is 18.4. The molecule has 3 aromatic carbocycles. The Hall–Kier alpha value is -3.99. The summed E-state index contributed by atoms with van der Waals surface area (Å²) in [7, 11) is 0. The van der Waals surface area contributed by atoms with Crippen molar-refractivity contribution in [1.82, 2.24) is 9.55 Å². The number of carboxylic acid groups (broad SMARTS) is 1. The van der Waals surface area contributed by atoms with Gasteiger partial charge in [0.05, 0.1) is 22.2 Å². The van der Waals surface area contributed by atoms with E-state index in [2.05, 4.69) is 4.98 Å². The van der Waals surface area contributed by atoms with Crippen LogP contribution in [0.3, 0.4) is 0 Å². The fraction of sp³-hybridized carbons (Fsp3) is 0.0417. The second kappa shape index (κ2) is 7.56. The Morgan fingerprint density at radius 3 is 2.48 bits per heavy atom. The molecule has 0 aliphatic heterocycles. The van der Waals surface area contributed by atoms with Gasteiger partial charge in [-0.15, -0.1) is 0 Å². The second-order valence-corrected chi connectivity index (χ2v) is 6.73. The molecule has 1 heterocycles. The van der Waals surface area contributed by atoms with Crippen molar-refractivity contribution in [2.75, 3.05) is 0 Å². The predicted molar refractivity (Wildman–Crippen MR) is 114 cm³/mol. The Morgan fingerprint density at radius 1 is 0.966 bits per heavy atom. The van der Waals surface area contributed by atoms with E-state index in [1.165, 1.54) is 16.7 Å². The van der Waals surface area contributed by atoms with Crippen molar-refractivity contribution in [3.05, 3.63) is 106 Å². The Labute approximate surface area is 167 Å². The third-order valence-corrected chi connectivity index (χ3v) is 4.66. The van der Waals surface area contributed by atoms with E-state index in [9.17, 15) is 14.7 Å². The minimum atomic E-state index is -1.05. The third kappa shape index (κ3) is 3.71. The zero-order valence-electron chi connectivity index (χ0n) is 15.7. The lowest BCUT2D eigenvalue weighted by atomic mass is 10.1. The number of rotatable bonds is 4. The first-order valence-corrected chi connectivity index (χ1v) is 9.13. The summed E-state index contributed by atoms with van der Waals surface area (Å²) in [6, 6.07) is 21.4. The number of carboxylic acids is 1. The van der Waals surface area contributed by atoms with Crippen molar-refractivity contribution < 1.29 is 9.90 Å². The van der Waals surface area contributed by atoms with Gasteiger partial charge in [0.25, 0.3) is 5.56 Å². The van der Waals surface area contributed by atoms with E-state index in [-0.39, 0.29) is 11.1 Å². The van der Waals surface area contributed by atoms with Crippen LogP contribution in [0.15, 0.2) is 77.6 Å². The van der Waals surface area contributed by atoms with Gasteiger partial charge in [-0.25, -0.2) is 9.78 Å². The molecule has 0 saturated carbocycles. The van der Waals surface area contributed by atoms with Crippen LogP contribution in [0.25, 0.3) is 28.7 Å². The summed E-state index contributed by atoms with van der Waals surface area (Å²) in [4.78, 5) is 29.3. The minimum Gasteiger partial charge on any atom is -0.478 e. The van der Waals surface area contributed by atoms with E-state index in [1.54, 1.807) is 36.4 Å². The smallest absolute Gasteiger partial charge is 0.335 e. The maximum Gasteiger partial charge on any atom is 0.335 e. The molecule has 29 heavy (non-hydrogen) atoms. The van der Waals surface area contributed by atoms with Gasteiger partial charge < -0.3 is 5.11 Å². The molecule has 0 saturated heterocycles.